The average molecular weight is 352 g/mol. The molecule has 1 aromatic heterocycles. The van der Waals surface area contributed by atoms with Gasteiger partial charge in [-0.25, -0.2) is 0 Å². The van der Waals surface area contributed by atoms with Crippen LogP contribution in [0.1, 0.15) is 57.7 Å². The van der Waals surface area contributed by atoms with Gasteiger partial charge in [0.15, 0.2) is 5.82 Å². The Balaban J connectivity index is 1.63. The summed E-state index contributed by atoms with van der Waals surface area (Å²) in [6, 6.07) is 0. The molecule has 1 amide bonds. The lowest BCUT2D eigenvalue weighted by molar-refractivity contribution is -0.126. The maximum absolute atomic E-state index is 12.2. The molecule has 142 valence electrons. The van der Waals surface area contributed by atoms with E-state index in [1.807, 2.05) is 6.92 Å². The van der Waals surface area contributed by atoms with Gasteiger partial charge in [-0.3, -0.25) is 9.69 Å². The Hall–Kier alpha value is -1.47. The Labute approximate surface area is 150 Å². The SMILES string of the molecule is CCCCc1noc(CN2CCC(C(=O)NCCCOCC)CC2)n1. The Morgan fingerprint density at radius 1 is 1.32 bits per heavy atom. The Morgan fingerprint density at radius 2 is 2.12 bits per heavy atom. The first-order valence-electron chi connectivity index (χ1n) is 9.62. The molecule has 0 bridgehead atoms. The second-order valence-corrected chi connectivity index (χ2v) is 6.60. The molecule has 0 radical (unpaired) electrons. The van der Waals surface area contributed by atoms with Crippen molar-refractivity contribution in [1.82, 2.24) is 20.4 Å². The summed E-state index contributed by atoms with van der Waals surface area (Å²) >= 11 is 0. The molecule has 0 unspecified atom stereocenters. The molecule has 7 heteroatoms. The van der Waals surface area contributed by atoms with Crippen molar-refractivity contribution in [2.75, 3.05) is 32.8 Å². The molecule has 25 heavy (non-hydrogen) atoms. The number of likely N-dealkylation sites (tertiary alicyclic amines) is 1. The minimum absolute atomic E-state index is 0.117. The van der Waals surface area contributed by atoms with E-state index < -0.39 is 0 Å². The number of ether oxygens (including phenoxy) is 1. The molecule has 7 nitrogen and oxygen atoms in total. The van der Waals surface area contributed by atoms with Crippen LogP contribution in [0.2, 0.25) is 0 Å². The van der Waals surface area contributed by atoms with Gasteiger partial charge in [0.1, 0.15) is 0 Å². The zero-order valence-corrected chi connectivity index (χ0v) is 15.6. The van der Waals surface area contributed by atoms with E-state index in [1.165, 1.54) is 0 Å². The van der Waals surface area contributed by atoms with E-state index in [0.29, 0.717) is 25.6 Å². The topological polar surface area (TPSA) is 80.5 Å². The first-order chi connectivity index (χ1) is 12.2. The fourth-order valence-electron chi connectivity index (χ4n) is 3.01. The molecule has 0 spiro atoms. The number of unbranched alkanes of at least 4 members (excludes halogenated alkanes) is 1. The molecule has 1 aliphatic heterocycles. The van der Waals surface area contributed by atoms with E-state index in [1.54, 1.807) is 0 Å². The molecule has 0 atom stereocenters. The summed E-state index contributed by atoms with van der Waals surface area (Å²) in [6.45, 7) is 8.73. The van der Waals surface area contributed by atoms with Gasteiger partial charge in [-0.1, -0.05) is 18.5 Å². The molecular weight excluding hydrogens is 320 g/mol. The number of carbonyl (C=O) groups excluding carboxylic acids is 1. The lowest BCUT2D eigenvalue weighted by Gasteiger charge is -2.30. The largest absolute Gasteiger partial charge is 0.382 e. The van der Waals surface area contributed by atoms with E-state index in [9.17, 15) is 4.79 Å². The zero-order chi connectivity index (χ0) is 17.9. The fourth-order valence-corrected chi connectivity index (χ4v) is 3.01. The number of nitrogens with one attached hydrogen (secondary N) is 1. The van der Waals surface area contributed by atoms with Gasteiger partial charge in [0.25, 0.3) is 0 Å². The number of piperidine rings is 1. The normalized spacial score (nSPS) is 16.2. The quantitative estimate of drug-likeness (QED) is 0.615. The van der Waals surface area contributed by atoms with Gasteiger partial charge in [0.05, 0.1) is 6.54 Å². The maximum atomic E-state index is 12.2. The predicted octanol–water partition coefficient (Wildman–Crippen LogP) is 2.17. The number of hydrogen-bond donors (Lipinski definition) is 1. The van der Waals surface area contributed by atoms with Crippen molar-refractivity contribution in [2.24, 2.45) is 5.92 Å². The van der Waals surface area contributed by atoms with E-state index >= 15 is 0 Å². The summed E-state index contributed by atoms with van der Waals surface area (Å²) in [7, 11) is 0. The first-order valence-corrected chi connectivity index (χ1v) is 9.62. The highest BCUT2D eigenvalue weighted by Crippen LogP contribution is 2.19. The average Bonchev–Trinajstić information content (AvgIpc) is 3.07. The van der Waals surface area contributed by atoms with Gasteiger partial charge in [-0.05, 0) is 45.7 Å². The van der Waals surface area contributed by atoms with Crippen molar-refractivity contribution in [2.45, 2.75) is 58.9 Å². The molecule has 1 aromatic rings. The molecule has 2 heterocycles. The van der Waals surface area contributed by atoms with Crippen LogP contribution in [0.15, 0.2) is 4.52 Å². The van der Waals surface area contributed by atoms with E-state index in [2.05, 4.69) is 27.3 Å². The number of aryl methyl sites for hydroxylation is 1. The summed E-state index contributed by atoms with van der Waals surface area (Å²) in [5.41, 5.74) is 0. The third-order valence-corrected chi connectivity index (χ3v) is 4.55. The number of carbonyl (C=O) groups is 1. The van der Waals surface area contributed by atoms with Crippen LogP contribution in [-0.2, 0) is 22.5 Å². The van der Waals surface area contributed by atoms with Crippen LogP contribution in [-0.4, -0.2) is 53.8 Å². The van der Waals surface area contributed by atoms with Crippen LogP contribution in [0.3, 0.4) is 0 Å². The molecule has 0 aliphatic carbocycles. The zero-order valence-electron chi connectivity index (χ0n) is 15.6. The summed E-state index contributed by atoms with van der Waals surface area (Å²) < 4.78 is 10.6. The number of hydrogen-bond acceptors (Lipinski definition) is 6. The summed E-state index contributed by atoms with van der Waals surface area (Å²) in [5, 5.41) is 7.05. The van der Waals surface area contributed by atoms with E-state index in [-0.39, 0.29) is 11.8 Å². The minimum atomic E-state index is 0.117. The molecule has 0 saturated carbocycles. The van der Waals surface area contributed by atoms with Crippen molar-refractivity contribution in [3.05, 3.63) is 11.7 Å². The summed E-state index contributed by atoms with van der Waals surface area (Å²) in [5.74, 6) is 1.78. The third-order valence-electron chi connectivity index (χ3n) is 4.55. The lowest BCUT2D eigenvalue weighted by atomic mass is 9.96. The number of nitrogens with zero attached hydrogens (tertiary/aromatic N) is 3. The van der Waals surface area contributed by atoms with Gasteiger partial charge in [0, 0.05) is 32.1 Å². The smallest absolute Gasteiger partial charge is 0.240 e. The second kappa shape index (κ2) is 11.2. The van der Waals surface area contributed by atoms with Crippen LogP contribution in [0, 0.1) is 5.92 Å². The highest BCUT2D eigenvalue weighted by Gasteiger charge is 2.25. The standard InChI is InChI=1S/C18H32N4O3/c1-3-5-7-16-20-17(25-21-16)14-22-11-8-15(9-12-22)18(23)19-10-6-13-24-4-2/h15H,3-14H2,1-2H3,(H,19,23). The van der Waals surface area contributed by atoms with Crippen LogP contribution < -0.4 is 5.32 Å². The molecule has 1 aliphatic rings. The number of rotatable bonds is 11. The van der Waals surface area contributed by atoms with Crippen molar-refractivity contribution >= 4 is 5.91 Å². The number of aromatic nitrogens is 2. The first kappa shape index (κ1) is 19.8. The van der Waals surface area contributed by atoms with Gasteiger partial charge in [0.2, 0.25) is 11.8 Å². The van der Waals surface area contributed by atoms with Gasteiger partial charge >= 0.3 is 0 Å². The van der Waals surface area contributed by atoms with Crippen LogP contribution in [0.4, 0.5) is 0 Å². The van der Waals surface area contributed by atoms with Gasteiger partial charge in [-0.15, -0.1) is 0 Å². The van der Waals surface area contributed by atoms with Crippen LogP contribution in [0.5, 0.6) is 0 Å². The summed E-state index contributed by atoms with van der Waals surface area (Å²) in [4.78, 5) is 18.9. The predicted molar refractivity (Wildman–Crippen MR) is 95.0 cm³/mol. The third kappa shape index (κ3) is 7.12. The van der Waals surface area contributed by atoms with Crippen molar-refractivity contribution in [1.29, 1.82) is 0 Å². The van der Waals surface area contributed by atoms with Crippen molar-refractivity contribution < 1.29 is 14.1 Å². The Morgan fingerprint density at radius 3 is 2.84 bits per heavy atom. The molecule has 1 N–H and O–H groups in total. The fraction of sp³-hybridized carbons (Fsp3) is 0.833. The highest BCUT2D eigenvalue weighted by atomic mass is 16.5. The Kier molecular flexibility index (Phi) is 8.90. The second-order valence-electron chi connectivity index (χ2n) is 6.60. The van der Waals surface area contributed by atoms with Crippen LogP contribution in [0.25, 0.3) is 0 Å². The molecular formula is C18H32N4O3. The van der Waals surface area contributed by atoms with E-state index in [4.69, 9.17) is 9.26 Å². The molecule has 0 aromatic carbocycles. The molecule has 2 rings (SSSR count). The lowest BCUT2D eigenvalue weighted by Crippen LogP contribution is -2.40. The van der Waals surface area contributed by atoms with Crippen molar-refractivity contribution in [3.8, 4) is 0 Å². The van der Waals surface area contributed by atoms with Gasteiger partial charge in [-0.2, -0.15) is 4.98 Å². The monoisotopic (exact) mass is 352 g/mol. The summed E-state index contributed by atoms with van der Waals surface area (Å²) in [6.07, 6.45) is 5.73. The van der Waals surface area contributed by atoms with E-state index in [0.717, 1.165) is 64.0 Å². The molecule has 1 saturated heterocycles. The van der Waals surface area contributed by atoms with Gasteiger partial charge < -0.3 is 14.6 Å². The van der Waals surface area contributed by atoms with Crippen molar-refractivity contribution in [3.63, 3.8) is 0 Å². The number of amides is 1. The molecule has 1 fully saturated rings. The Bertz CT molecular complexity index is 498. The minimum Gasteiger partial charge on any atom is -0.382 e. The maximum Gasteiger partial charge on any atom is 0.240 e. The van der Waals surface area contributed by atoms with Crippen LogP contribution >= 0.6 is 0 Å². The highest BCUT2D eigenvalue weighted by molar-refractivity contribution is 5.78.